The molecule has 176 valence electrons. The fourth-order valence-corrected chi connectivity index (χ4v) is 4.88. The van der Waals surface area contributed by atoms with Gasteiger partial charge in [-0.1, -0.05) is 29.8 Å². The van der Waals surface area contributed by atoms with E-state index in [9.17, 15) is 13.2 Å². The SMILES string of the molecule is CCOc1ccc(NS(=O)(=O)c2ccc(Cl)c(C(=O)NCCc3c[nH]c4ccccc34)c2)cc1. The summed E-state index contributed by atoms with van der Waals surface area (Å²) in [5, 5.41) is 4.09. The number of carbonyl (C=O) groups excluding carboxylic acids is 1. The van der Waals surface area contributed by atoms with Crippen molar-refractivity contribution in [3.05, 3.63) is 89.1 Å². The molecule has 0 atom stereocenters. The number of ether oxygens (including phenoxy) is 1. The summed E-state index contributed by atoms with van der Waals surface area (Å²) in [5.41, 5.74) is 2.58. The van der Waals surface area contributed by atoms with E-state index in [0.29, 0.717) is 31.0 Å². The Kier molecular flexibility index (Phi) is 7.09. The van der Waals surface area contributed by atoms with E-state index in [1.165, 1.54) is 18.2 Å². The van der Waals surface area contributed by atoms with E-state index < -0.39 is 15.9 Å². The number of H-pyrrole nitrogens is 1. The number of para-hydroxylation sites is 1. The molecule has 0 aliphatic carbocycles. The van der Waals surface area contributed by atoms with Crippen molar-refractivity contribution >= 4 is 44.1 Å². The molecule has 0 spiro atoms. The van der Waals surface area contributed by atoms with Crippen LogP contribution >= 0.6 is 11.6 Å². The van der Waals surface area contributed by atoms with Crippen LogP contribution in [0.4, 0.5) is 5.69 Å². The van der Waals surface area contributed by atoms with Gasteiger partial charge in [-0.05, 0) is 67.4 Å². The number of hydrogen-bond donors (Lipinski definition) is 3. The van der Waals surface area contributed by atoms with Gasteiger partial charge in [0.2, 0.25) is 0 Å². The number of rotatable bonds is 9. The first-order chi connectivity index (χ1) is 16.4. The summed E-state index contributed by atoms with van der Waals surface area (Å²) in [4.78, 5) is 15.9. The largest absolute Gasteiger partial charge is 0.494 e. The molecule has 0 unspecified atom stereocenters. The van der Waals surface area contributed by atoms with E-state index in [1.54, 1.807) is 24.3 Å². The summed E-state index contributed by atoms with van der Waals surface area (Å²) in [6.45, 7) is 2.76. The number of nitrogens with one attached hydrogen (secondary N) is 3. The molecule has 1 heterocycles. The fourth-order valence-electron chi connectivity index (χ4n) is 3.59. The standard InChI is InChI=1S/C25H24ClN3O4S/c1-2-33-19-9-7-18(8-10-19)29-34(31,32)20-11-12-23(26)22(15-20)25(30)27-14-13-17-16-28-24-6-4-3-5-21(17)24/h3-12,15-16,28-29H,2,13-14H2,1H3,(H,27,30). The minimum atomic E-state index is -3.93. The van der Waals surface area contributed by atoms with Gasteiger partial charge in [-0.15, -0.1) is 0 Å². The van der Waals surface area contributed by atoms with Crippen LogP contribution in [0.15, 0.2) is 77.8 Å². The molecular weight excluding hydrogens is 474 g/mol. The number of aromatic nitrogens is 1. The third-order valence-corrected chi connectivity index (χ3v) is 6.97. The minimum Gasteiger partial charge on any atom is -0.494 e. The molecule has 0 aliphatic heterocycles. The van der Waals surface area contributed by atoms with Crippen molar-refractivity contribution in [3.8, 4) is 5.75 Å². The number of benzene rings is 3. The molecule has 3 aromatic carbocycles. The molecule has 4 rings (SSSR count). The molecular formula is C25H24ClN3O4S. The second-order valence-electron chi connectivity index (χ2n) is 7.57. The van der Waals surface area contributed by atoms with Crippen molar-refractivity contribution in [1.82, 2.24) is 10.3 Å². The van der Waals surface area contributed by atoms with Crippen molar-refractivity contribution in [2.75, 3.05) is 17.9 Å². The number of amides is 1. The van der Waals surface area contributed by atoms with Crippen LogP contribution in [0.2, 0.25) is 5.02 Å². The lowest BCUT2D eigenvalue weighted by atomic mass is 10.1. The molecule has 34 heavy (non-hydrogen) atoms. The maximum absolute atomic E-state index is 12.9. The summed E-state index contributed by atoms with van der Waals surface area (Å²) >= 11 is 6.21. The van der Waals surface area contributed by atoms with Crippen LogP contribution in [0.3, 0.4) is 0 Å². The third-order valence-electron chi connectivity index (χ3n) is 5.27. The predicted octanol–water partition coefficient (Wildman–Crippen LogP) is 4.99. The highest BCUT2D eigenvalue weighted by Crippen LogP contribution is 2.24. The Morgan fingerprint density at radius 3 is 2.59 bits per heavy atom. The van der Waals surface area contributed by atoms with Crippen LogP contribution in [0, 0.1) is 0 Å². The van der Waals surface area contributed by atoms with E-state index in [4.69, 9.17) is 16.3 Å². The van der Waals surface area contributed by atoms with Crippen LogP contribution in [0.1, 0.15) is 22.8 Å². The van der Waals surface area contributed by atoms with Gasteiger partial charge in [-0.25, -0.2) is 8.42 Å². The van der Waals surface area contributed by atoms with Crippen molar-refractivity contribution < 1.29 is 17.9 Å². The Morgan fingerprint density at radius 2 is 1.82 bits per heavy atom. The van der Waals surface area contributed by atoms with Crippen molar-refractivity contribution in [2.45, 2.75) is 18.2 Å². The van der Waals surface area contributed by atoms with Crippen molar-refractivity contribution in [2.24, 2.45) is 0 Å². The average Bonchev–Trinajstić information content (AvgIpc) is 3.23. The highest BCUT2D eigenvalue weighted by atomic mass is 35.5. The number of halogens is 1. The smallest absolute Gasteiger partial charge is 0.261 e. The van der Waals surface area contributed by atoms with Gasteiger partial charge in [0.25, 0.3) is 15.9 Å². The molecule has 3 N–H and O–H groups in total. The Bertz CT molecular complexity index is 1420. The quantitative estimate of drug-likeness (QED) is 0.303. The highest BCUT2D eigenvalue weighted by Gasteiger charge is 2.19. The van der Waals surface area contributed by atoms with Crippen molar-refractivity contribution in [3.63, 3.8) is 0 Å². The number of fused-ring (bicyclic) bond motifs is 1. The first-order valence-corrected chi connectivity index (χ1v) is 12.6. The minimum absolute atomic E-state index is 0.0624. The third kappa shape index (κ3) is 5.35. The first kappa shape index (κ1) is 23.7. The fraction of sp³-hybridized carbons (Fsp3) is 0.160. The first-order valence-electron chi connectivity index (χ1n) is 10.8. The van der Waals surface area contributed by atoms with Crippen LogP contribution in [0.5, 0.6) is 5.75 Å². The zero-order valence-corrected chi connectivity index (χ0v) is 20.0. The molecule has 4 aromatic rings. The van der Waals surface area contributed by atoms with Gasteiger partial charge in [0.15, 0.2) is 0 Å². The number of aromatic amines is 1. The number of sulfonamides is 1. The second-order valence-corrected chi connectivity index (χ2v) is 9.66. The Balaban J connectivity index is 1.44. The molecule has 0 aliphatic rings. The molecule has 0 saturated carbocycles. The van der Waals surface area contributed by atoms with Gasteiger partial charge in [-0.2, -0.15) is 0 Å². The molecule has 0 fully saturated rings. The lowest BCUT2D eigenvalue weighted by Gasteiger charge is -2.12. The molecule has 0 radical (unpaired) electrons. The summed E-state index contributed by atoms with van der Waals surface area (Å²) in [5.74, 6) is 0.200. The lowest BCUT2D eigenvalue weighted by Crippen LogP contribution is -2.26. The molecule has 9 heteroatoms. The van der Waals surface area contributed by atoms with E-state index in [2.05, 4.69) is 15.0 Å². The summed E-state index contributed by atoms with van der Waals surface area (Å²) in [6.07, 6.45) is 2.54. The zero-order valence-electron chi connectivity index (χ0n) is 18.5. The Labute approximate surface area is 203 Å². The lowest BCUT2D eigenvalue weighted by molar-refractivity contribution is 0.0954. The van der Waals surface area contributed by atoms with E-state index in [-0.39, 0.29) is 15.5 Å². The van der Waals surface area contributed by atoms with Gasteiger partial charge < -0.3 is 15.0 Å². The van der Waals surface area contributed by atoms with Crippen molar-refractivity contribution in [1.29, 1.82) is 0 Å². The number of carbonyl (C=O) groups is 1. The normalized spacial score (nSPS) is 11.4. The van der Waals surface area contributed by atoms with Crippen LogP contribution < -0.4 is 14.8 Å². The van der Waals surface area contributed by atoms with Gasteiger partial charge >= 0.3 is 0 Å². The summed E-state index contributed by atoms with van der Waals surface area (Å²) in [7, 11) is -3.93. The monoisotopic (exact) mass is 497 g/mol. The number of anilines is 1. The molecule has 1 aromatic heterocycles. The predicted molar refractivity (Wildman–Crippen MR) is 134 cm³/mol. The van der Waals surface area contributed by atoms with Gasteiger partial charge in [0.1, 0.15) is 5.75 Å². The summed E-state index contributed by atoms with van der Waals surface area (Å²) < 4.78 is 33.6. The molecule has 0 saturated heterocycles. The van der Waals surface area contributed by atoms with Gasteiger partial charge in [-0.3, -0.25) is 9.52 Å². The summed E-state index contributed by atoms with van der Waals surface area (Å²) in [6, 6.07) is 18.5. The van der Waals surface area contributed by atoms with Crippen LogP contribution in [0.25, 0.3) is 10.9 Å². The van der Waals surface area contributed by atoms with Gasteiger partial charge in [0, 0.05) is 29.3 Å². The Hall–Kier alpha value is -3.49. The second kappa shape index (κ2) is 10.2. The zero-order chi connectivity index (χ0) is 24.1. The van der Waals surface area contributed by atoms with Crippen LogP contribution in [-0.4, -0.2) is 32.5 Å². The van der Waals surface area contributed by atoms with Crippen LogP contribution in [-0.2, 0) is 16.4 Å². The van der Waals surface area contributed by atoms with E-state index in [1.807, 2.05) is 37.4 Å². The number of hydrogen-bond acceptors (Lipinski definition) is 4. The topological polar surface area (TPSA) is 100 Å². The molecule has 7 nitrogen and oxygen atoms in total. The highest BCUT2D eigenvalue weighted by molar-refractivity contribution is 7.92. The van der Waals surface area contributed by atoms with E-state index in [0.717, 1.165) is 16.5 Å². The Morgan fingerprint density at radius 1 is 1.06 bits per heavy atom. The average molecular weight is 498 g/mol. The molecule has 0 bridgehead atoms. The molecule has 1 amide bonds. The maximum Gasteiger partial charge on any atom is 0.261 e. The maximum atomic E-state index is 12.9. The van der Waals surface area contributed by atoms with E-state index >= 15 is 0 Å². The van der Waals surface area contributed by atoms with Gasteiger partial charge in [0.05, 0.1) is 22.1 Å².